The van der Waals surface area contributed by atoms with Crippen molar-refractivity contribution in [2.24, 2.45) is 0 Å². The lowest BCUT2D eigenvalue weighted by atomic mass is 10.0. The average Bonchev–Trinajstić information content (AvgIpc) is 3.18. The highest BCUT2D eigenvalue weighted by Crippen LogP contribution is 2.32. The predicted octanol–water partition coefficient (Wildman–Crippen LogP) is 12.2. The van der Waals surface area contributed by atoms with Crippen LogP contribution in [0.25, 0.3) is 79.5 Å². The lowest BCUT2D eigenvalue weighted by Gasteiger charge is -2.13. The first-order valence-electron chi connectivity index (χ1n) is 19.0. The van der Waals surface area contributed by atoms with E-state index >= 15 is 0 Å². The fraction of sp³-hybridized carbons (Fsp3) is 0.160. The van der Waals surface area contributed by atoms with Crippen molar-refractivity contribution in [3.63, 3.8) is 0 Å². The fourth-order valence-electron chi connectivity index (χ4n) is 7.37. The van der Waals surface area contributed by atoms with Crippen LogP contribution in [0.15, 0.2) is 121 Å². The molecule has 0 aliphatic carbocycles. The molecule has 0 saturated carbocycles. The van der Waals surface area contributed by atoms with Gasteiger partial charge in [0, 0.05) is 33.4 Å². The van der Waals surface area contributed by atoms with Crippen LogP contribution in [0.1, 0.15) is 44.5 Å². The van der Waals surface area contributed by atoms with Gasteiger partial charge in [-0.3, -0.25) is 0 Å². The average molecular weight is 729 g/mol. The van der Waals surface area contributed by atoms with Gasteiger partial charge in [0.15, 0.2) is 34.9 Å². The van der Waals surface area contributed by atoms with E-state index in [9.17, 15) is 0 Å². The number of aryl methyl sites for hydroxylation is 8. The number of nitrogens with zero attached hydrogens (tertiary/aromatic N) is 6. The summed E-state index contributed by atoms with van der Waals surface area (Å²) < 4.78 is 0. The first-order valence-corrected chi connectivity index (χ1v) is 19.0. The third-order valence-corrected chi connectivity index (χ3v) is 10.4. The minimum atomic E-state index is 0.640. The highest BCUT2D eigenvalue weighted by molar-refractivity contribution is 5.75. The van der Waals surface area contributed by atoms with Crippen molar-refractivity contribution >= 4 is 0 Å². The van der Waals surface area contributed by atoms with Crippen molar-refractivity contribution in [2.75, 3.05) is 0 Å². The molecule has 6 heteroatoms. The van der Waals surface area contributed by atoms with Gasteiger partial charge in [0.2, 0.25) is 0 Å². The third kappa shape index (κ3) is 7.38. The zero-order chi connectivity index (χ0) is 39.1. The summed E-state index contributed by atoms with van der Waals surface area (Å²) in [6.07, 6.45) is 0. The molecule has 6 nitrogen and oxygen atoms in total. The maximum atomic E-state index is 5.02. The van der Waals surface area contributed by atoms with Gasteiger partial charge in [0.25, 0.3) is 0 Å². The maximum absolute atomic E-state index is 5.02. The Balaban J connectivity index is 1.14. The first kappa shape index (κ1) is 36.3. The van der Waals surface area contributed by atoms with E-state index in [-0.39, 0.29) is 0 Å². The number of hydrogen-bond donors (Lipinski definition) is 0. The number of benzene rings is 6. The topological polar surface area (TPSA) is 77.3 Å². The number of rotatable bonds is 7. The van der Waals surface area contributed by atoms with Gasteiger partial charge in [-0.2, -0.15) is 0 Å². The minimum Gasteiger partial charge on any atom is -0.208 e. The SMILES string of the molecule is Cc1ccc(-c2nc(-c3ccc(-c4ccc(-c5nc(-c6ccc(C)cc6C)nc(-c6ccc(C)cc6C)n5)cc4)cc3)nc(-c3ccc(C)cc3C)n2)c(C)c1. The summed E-state index contributed by atoms with van der Waals surface area (Å²) in [5, 5.41) is 0. The summed E-state index contributed by atoms with van der Waals surface area (Å²) in [5.41, 5.74) is 17.4. The van der Waals surface area contributed by atoms with Gasteiger partial charge in [-0.15, -0.1) is 0 Å². The van der Waals surface area contributed by atoms with Gasteiger partial charge in [0.1, 0.15) is 0 Å². The number of hydrogen-bond acceptors (Lipinski definition) is 6. The Bertz CT molecular complexity index is 2430. The molecule has 0 amide bonds. The van der Waals surface area contributed by atoms with Crippen molar-refractivity contribution in [1.82, 2.24) is 29.9 Å². The van der Waals surface area contributed by atoms with Gasteiger partial charge in [-0.25, -0.2) is 29.9 Å². The second-order valence-electron chi connectivity index (χ2n) is 15.0. The van der Waals surface area contributed by atoms with Crippen LogP contribution in [-0.2, 0) is 0 Å². The maximum Gasteiger partial charge on any atom is 0.164 e. The molecule has 2 aromatic heterocycles. The molecule has 0 unspecified atom stereocenters. The zero-order valence-electron chi connectivity index (χ0n) is 33.2. The van der Waals surface area contributed by atoms with E-state index in [1.54, 1.807) is 0 Å². The Hall–Kier alpha value is -6.66. The molecule has 0 aliphatic rings. The van der Waals surface area contributed by atoms with Crippen LogP contribution in [0, 0.1) is 55.4 Å². The molecular weight excluding hydrogens is 685 g/mol. The summed E-state index contributed by atoms with van der Waals surface area (Å²) in [7, 11) is 0. The molecule has 8 aromatic rings. The molecule has 0 saturated heterocycles. The molecular formula is C50H44N6. The molecule has 8 rings (SSSR count). The largest absolute Gasteiger partial charge is 0.208 e. The van der Waals surface area contributed by atoms with E-state index in [4.69, 9.17) is 29.9 Å². The summed E-state index contributed by atoms with van der Waals surface area (Å²) >= 11 is 0. The van der Waals surface area contributed by atoms with Gasteiger partial charge < -0.3 is 0 Å². The standard InChI is InChI=1S/C50H44N6/c1-29-9-21-41(33(5)25-29)47-51-45(52-48(55-47)42-22-10-30(2)26-34(42)6)39-17-13-37(14-18-39)38-15-19-40(20-16-38)46-53-49(43-23-11-31(3)27-35(43)7)56-50(54-46)44-24-12-32(4)28-36(44)8/h9-28H,1-8H3. The van der Waals surface area contributed by atoms with Crippen LogP contribution < -0.4 is 0 Å². The minimum absolute atomic E-state index is 0.640. The zero-order valence-corrected chi connectivity index (χ0v) is 33.2. The molecule has 0 bridgehead atoms. The molecule has 0 N–H and O–H groups in total. The molecule has 0 fully saturated rings. The molecule has 0 atom stereocenters. The molecule has 0 spiro atoms. The monoisotopic (exact) mass is 728 g/mol. The van der Waals surface area contributed by atoms with Crippen molar-refractivity contribution in [1.29, 1.82) is 0 Å². The molecule has 0 aliphatic heterocycles. The summed E-state index contributed by atoms with van der Waals surface area (Å²) in [6, 6.07) is 42.4. The van der Waals surface area contributed by atoms with E-state index in [0.717, 1.165) is 66.8 Å². The summed E-state index contributed by atoms with van der Waals surface area (Å²) in [6.45, 7) is 16.8. The molecule has 274 valence electrons. The van der Waals surface area contributed by atoms with Gasteiger partial charge in [-0.05, 0) is 88.8 Å². The van der Waals surface area contributed by atoms with E-state index in [0.29, 0.717) is 34.9 Å². The Morgan fingerprint density at radius 3 is 0.679 bits per heavy atom. The van der Waals surface area contributed by atoms with Gasteiger partial charge in [0.05, 0.1) is 0 Å². The van der Waals surface area contributed by atoms with Gasteiger partial charge >= 0.3 is 0 Å². The van der Waals surface area contributed by atoms with Crippen molar-refractivity contribution in [3.05, 3.63) is 166 Å². The van der Waals surface area contributed by atoms with Crippen molar-refractivity contribution in [3.8, 4) is 79.5 Å². The highest BCUT2D eigenvalue weighted by Gasteiger charge is 2.17. The van der Waals surface area contributed by atoms with Gasteiger partial charge in [-0.1, -0.05) is 144 Å². The first-order chi connectivity index (χ1) is 27.0. The lowest BCUT2D eigenvalue weighted by Crippen LogP contribution is -2.02. The summed E-state index contributed by atoms with van der Waals surface area (Å²) in [4.78, 5) is 30.1. The van der Waals surface area contributed by atoms with E-state index in [1.165, 1.54) is 22.3 Å². The summed E-state index contributed by atoms with van der Waals surface area (Å²) in [5.74, 6) is 3.95. The van der Waals surface area contributed by atoms with E-state index < -0.39 is 0 Å². The lowest BCUT2D eigenvalue weighted by molar-refractivity contribution is 1.07. The van der Waals surface area contributed by atoms with Crippen LogP contribution in [0.3, 0.4) is 0 Å². The molecule has 0 radical (unpaired) electrons. The van der Waals surface area contributed by atoms with Crippen LogP contribution in [0.5, 0.6) is 0 Å². The molecule has 56 heavy (non-hydrogen) atoms. The predicted molar refractivity (Wildman–Crippen MR) is 229 cm³/mol. The van der Waals surface area contributed by atoms with Crippen molar-refractivity contribution in [2.45, 2.75) is 55.4 Å². The smallest absolute Gasteiger partial charge is 0.164 e. The van der Waals surface area contributed by atoms with Crippen molar-refractivity contribution < 1.29 is 0 Å². The normalized spacial score (nSPS) is 11.2. The second kappa shape index (κ2) is 14.9. The van der Waals surface area contributed by atoms with E-state index in [2.05, 4.69) is 177 Å². The quantitative estimate of drug-likeness (QED) is 0.163. The Labute approximate surface area is 329 Å². The Kier molecular flexibility index (Phi) is 9.65. The van der Waals surface area contributed by atoms with Crippen LogP contribution in [-0.4, -0.2) is 29.9 Å². The fourth-order valence-corrected chi connectivity index (χ4v) is 7.37. The van der Waals surface area contributed by atoms with Crippen LogP contribution >= 0.6 is 0 Å². The van der Waals surface area contributed by atoms with Crippen LogP contribution in [0.4, 0.5) is 0 Å². The Morgan fingerprint density at radius 2 is 0.446 bits per heavy atom. The molecule has 6 aromatic carbocycles. The Morgan fingerprint density at radius 1 is 0.232 bits per heavy atom. The van der Waals surface area contributed by atoms with Crippen LogP contribution in [0.2, 0.25) is 0 Å². The second-order valence-corrected chi connectivity index (χ2v) is 15.0. The molecule has 2 heterocycles. The highest BCUT2D eigenvalue weighted by atomic mass is 15.0. The number of aromatic nitrogens is 6. The van der Waals surface area contributed by atoms with E-state index in [1.807, 2.05) is 0 Å². The third-order valence-electron chi connectivity index (χ3n) is 10.4.